The normalized spacial score (nSPS) is 63.3. The summed E-state index contributed by atoms with van der Waals surface area (Å²) >= 11 is 0. The van der Waals surface area contributed by atoms with Gasteiger partial charge in [0.1, 0.15) is 6.10 Å². The molecule has 0 aromatic rings. The Hall–Kier alpha value is -1.01. The maximum atomic E-state index is 13.4. The van der Waals surface area contributed by atoms with E-state index in [1.807, 2.05) is 26.0 Å². The number of fused-ring (bicyclic) bond motifs is 1. The van der Waals surface area contributed by atoms with Crippen molar-refractivity contribution in [3.05, 3.63) is 24.3 Å². The highest BCUT2D eigenvalue weighted by atomic mass is 16.6. The Morgan fingerprint density at radius 1 is 1.27 bits per heavy atom. The van der Waals surface area contributed by atoms with Crippen LogP contribution in [0.2, 0.25) is 0 Å². The molecule has 3 N–H and O–H groups in total. The lowest BCUT2D eigenvalue weighted by Crippen LogP contribution is -2.91. The van der Waals surface area contributed by atoms with E-state index in [2.05, 4.69) is 6.58 Å². The molecule has 5 aliphatic carbocycles. The molecule has 140 valence electrons. The quantitative estimate of drug-likeness (QED) is 0.563. The van der Waals surface area contributed by atoms with Gasteiger partial charge in [0.25, 0.3) is 0 Å². The van der Waals surface area contributed by atoms with E-state index < -0.39 is 34.2 Å². The number of rotatable bonds is 0. The fraction of sp³-hybridized carbons (Fsp3) is 0.762. The summed E-state index contributed by atoms with van der Waals surface area (Å²) < 4.78 is 5.96. The van der Waals surface area contributed by atoms with E-state index in [0.717, 1.165) is 18.4 Å². The number of ketones is 1. The number of allylic oxidation sites excluding steroid dienone is 1. The molecule has 2 bridgehead atoms. The Kier molecular flexibility index (Phi) is 2.49. The van der Waals surface area contributed by atoms with Crippen LogP contribution in [0.4, 0.5) is 0 Å². The van der Waals surface area contributed by atoms with Crippen molar-refractivity contribution in [3.8, 4) is 0 Å². The molecule has 0 amide bonds. The highest BCUT2D eigenvalue weighted by Gasteiger charge is 2.90. The predicted molar refractivity (Wildman–Crippen MR) is 91.5 cm³/mol. The zero-order chi connectivity index (χ0) is 18.4. The van der Waals surface area contributed by atoms with Gasteiger partial charge in [-0.25, -0.2) is 0 Å². The molecule has 10 atom stereocenters. The predicted octanol–water partition coefficient (Wildman–Crippen LogP) is 1.04. The summed E-state index contributed by atoms with van der Waals surface area (Å²) in [6.45, 7) is 8.28. The molecule has 5 heteroatoms. The molecule has 2 aliphatic heterocycles. The first-order valence-electron chi connectivity index (χ1n) is 9.80. The molecule has 26 heavy (non-hydrogen) atoms. The van der Waals surface area contributed by atoms with Crippen molar-refractivity contribution in [3.63, 3.8) is 0 Å². The van der Waals surface area contributed by atoms with Gasteiger partial charge in [-0.05, 0) is 30.6 Å². The molecule has 0 aromatic heterocycles. The van der Waals surface area contributed by atoms with Crippen LogP contribution in [0.3, 0.4) is 0 Å². The van der Waals surface area contributed by atoms with Crippen molar-refractivity contribution in [2.45, 2.75) is 44.7 Å². The zero-order valence-corrected chi connectivity index (χ0v) is 15.2. The standard InChI is InChI=1S/C21H26O5/c1-9-10-4-5-11-19-7-6-12(22)18(2,3)15(19)17(24)21(25,26-8-19)20(11)14(10)13(9)16(20)23/h6-7,10-15,17,22,24-25H,1,4-5,8H2,2-3H3/t10-,11-,12-,13?,14-,15+,17-,19+,20+,21+/m0/s1. The van der Waals surface area contributed by atoms with Crippen LogP contribution in [-0.4, -0.2) is 45.7 Å². The Morgan fingerprint density at radius 2 is 2.00 bits per heavy atom. The fourth-order valence-corrected chi connectivity index (χ4v) is 8.42. The van der Waals surface area contributed by atoms with Gasteiger partial charge in [-0.3, -0.25) is 4.79 Å². The maximum absolute atomic E-state index is 13.4. The van der Waals surface area contributed by atoms with E-state index in [0.29, 0.717) is 6.61 Å². The van der Waals surface area contributed by atoms with E-state index in [1.54, 1.807) is 0 Å². The number of hydrogen-bond acceptors (Lipinski definition) is 5. The highest BCUT2D eigenvalue weighted by molar-refractivity contribution is 6.01. The van der Waals surface area contributed by atoms with Gasteiger partial charge in [0.15, 0.2) is 5.78 Å². The molecule has 7 aliphatic rings. The summed E-state index contributed by atoms with van der Waals surface area (Å²) in [5, 5.41) is 33.6. The minimum Gasteiger partial charge on any atom is -0.388 e. The van der Waals surface area contributed by atoms with Crippen molar-refractivity contribution >= 4 is 5.78 Å². The Balaban J connectivity index is 1.61. The van der Waals surface area contributed by atoms with Crippen molar-refractivity contribution in [1.29, 1.82) is 0 Å². The first-order chi connectivity index (χ1) is 12.2. The van der Waals surface area contributed by atoms with E-state index in [9.17, 15) is 20.1 Å². The van der Waals surface area contributed by atoms with Gasteiger partial charge in [-0.2, -0.15) is 0 Å². The average molecular weight is 358 g/mol. The van der Waals surface area contributed by atoms with Crippen LogP contribution in [0, 0.1) is 45.8 Å². The van der Waals surface area contributed by atoms with Gasteiger partial charge in [0.2, 0.25) is 5.79 Å². The highest BCUT2D eigenvalue weighted by Crippen LogP contribution is 2.83. The van der Waals surface area contributed by atoms with Crippen molar-refractivity contribution in [1.82, 2.24) is 0 Å². The minimum absolute atomic E-state index is 0.0184. The number of aliphatic hydroxyl groups excluding tert-OH is 2. The molecule has 0 radical (unpaired) electrons. The summed E-state index contributed by atoms with van der Waals surface area (Å²) in [5.74, 6) is -2.10. The second-order valence-electron chi connectivity index (χ2n) is 10.2. The van der Waals surface area contributed by atoms with E-state index in [-0.39, 0.29) is 35.4 Å². The monoisotopic (exact) mass is 358 g/mol. The SMILES string of the molecule is C=C1C2C(=O)[C@]34[C@H]2[C@H]1CC[C@H]3[C@]12C=C[C@H](O)C(C)(C)[C@H]1[C@H](O)[C@@]4(O)OC2. The first-order valence-corrected chi connectivity index (χ1v) is 9.80. The second-order valence-corrected chi connectivity index (χ2v) is 10.2. The van der Waals surface area contributed by atoms with Gasteiger partial charge in [-0.1, -0.05) is 38.2 Å². The van der Waals surface area contributed by atoms with Gasteiger partial charge >= 0.3 is 0 Å². The topological polar surface area (TPSA) is 87.0 Å². The molecule has 4 saturated carbocycles. The van der Waals surface area contributed by atoms with Crippen LogP contribution in [-0.2, 0) is 9.53 Å². The number of hydrogen-bond donors (Lipinski definition) is 3. The minimum atomic E-state index is -1.86. The summed E-state index contributed by atoms with van der Waals surface area (Å²) in [7, 11) is 0. The van der Waals surface area contributed by atoms with Crippen molar-refractivity contribution in [2.24, 2.45) is 45.8 Å². The lowest BCUT2D eigenvalue weighted by atomic mass is 9.23. The number of Topliss-reactive ketones (excluding diaryl/α,β-unsaturated/α-hetero) is 1. The Labute approximate surface area is 152 Å². The molecule has 7 rings (SSSR count). The van der Waals surface area contributed by atoms with E-state index in [1.165, 1.54) is 0 Å². The molecule has 1 unspecified atom stereocenters. The van der Waals surface area contributed by atoms with Crippen LogP contribution < -0.4 is 0 Å². The molecule has 2 saturated heterocycles. The lowest BCUT2D eigenvalue weighted by Gasteiger charge is -2.82. The summed E-state index contributed by atoms with van der Waals surface area (Å²) in [5.41, 5.74) is -1.14. The zero-order valence-electron chi connectivity index (χ0n) is 15.2. The maximum Gasteiger partial charge on any atom is 0.205 e. The van der Waals surface area contributed by atoms with Gasteiger partial charge in [0, 0.05) is 22.7 Å². The van der Waals surface area contributed by atoms with Crippen LogP contribution in [0.1, 0.15) is 26.7 Å². The van der Waals surface area contributed by atoms with Crippen LogP contribution in [0.5, 0.6) is 0 Å². The molecule has 6 fully saturated rings. The molecular formula is C21H26O5. The number of carbonyl (C=O) groups is 1. The third kappa shape index (κ3) is 1.16. The second kappa shape index (κ2) is 4.04. The fourth-order valence-electron chi connectivity index (χ4n) is 8.42. The summed E-state index contributed by atoms with van der Waals surface area (Å²) in [4.78, 5) is 13.4. The van der Waals surface area contributed by atoms with Crippen molar-refractivity contribution in [2.75, 3.05) is 6.61 Å². The third-order valence-electron chi connectivity index (χ3n) is 9.43. The smallest absolute Gasteiger partial charge is 0.205 e. The van der Waals surface area contributed by atoms with E-state index in [4.69, 9.17) is 4.74 Å². The number of aliphatic hydroxyl groups is 3. The van der Waals surface area contributed by atoms with Gasteiger partial charge in [-0.15, -0.1) is 0 Å². The Morgan fingerprint density at radius 3 is 2.73 bits per heavy atom. The average Bonchev–Trinajstić information content (AvgIpc) is 2.58. The molecule has 0 aromatic carbocycles. The summed E-state index contributed by atoms with van der Waals surface area (Å²) in [6.07, 6.45) is 3.72. The van der Waals surface area contributed by atoms with Crippen molar-refractivity contribution < 1.29 is 24.9 Å². The number of ether oxygens (including phenoxy) is 1. The number of carbonyl (C=O) groups excluding carboxylic acids is 1. The van der Waals surface area contributed by atoms with Crippen LogP contribution in [0.25, 0.3) is 0 Å². The van der Waals surface area contributed by atoms with Gasteiger partial charge in [0.05, 0.1) is 18.1 Å². The third-order valence-corrected chi connectivity index (χ3v) is 9.43. The molecular weight excluding hydrogens is 332 g/mol. The van der Waals surface area contributed by atoms with E-state index >= 15 is 0 Å². The molecule has 2 spiro atoms. The molecule has 2 heterocycles. The largest absolute Gasteiger partial charge is 0.388 e. The van der Waals surface area contributed by atoms with Crippen LogP contribution in [0.15, 0.2) is 24.3 Å². The van der Waals surface area contributed by atoms with Crippen LogP contribution >= 0.6 is 0 Å². The molecule has 5 nitrogen and oxygen atoms in total. The summed E-state index contributed by atoms with van der Waals surface area (Å²) in [6, 6.07) is 0. The van der Waals surface area contributed by atoms with Gasteiger partial charge < -0.3 is 20.1 Å². The first kappa shape index (κ1) is 16.0. The Bertz CT molecular complexity index is 800. The lowest BCUT2D eigenvalue weighted by molar-refractivity contribution is -0.457.